The second-order valence-corrected chi connectivity index (χ2v) is 4.43. The van der Waals surface area contributed by atoms with Crippen LogP contribution in [0.3, 0.4) is 0 Å². The fraction of sp³-hybridized carbons (Fsp3) is 0.750. The molecule has 1 rings (SSSR count). The Morgan fingerprint density at radius 2 is 2.14 bits per heavy atom. The number of carbonyl (C=O) groups excluding carboxylic acids is 1. The Morgan fingerprint density at radius 1 is 1.50 bits per heavy atom. The van der Waals surface area contributed by atoms with E-state index in [2.05, 4.69) is 25.7 Å². The Hall–Kier alpha value is -0.790. The normalized spacial score (nSPS) is 29.3. The first-order valence-electron chi connectivity index (χ1n) is 5.58. The predicted molar refractivity (Wildman–Crippen MR) is 58.9 cm³/mol. The Labute approximate surface area is 86.8 Å². The first kappa shape index (κ1) is 11.3. The molecule has 1 saturated carbocycles. The number of carbonyl (C=O) groups is 1. The van der Waals surface area contributed by atoms with Gasteiger partial charge in [-0.15, -0.1) is 0 Å². The smallest absolute Gasteiger partial charge is 0.243 e. The maximum atomic E-state index is 11.1. The van der Waals surface area contributed by atoms with Gasteiger partial charge in [-0.1, -0.05) is 32.8 Å². The van der Waals surface area contributed by atoms with E-state index in [0.717, 1.165) is 5.92 Å². The third-order valence-corrected chi connectivity index (χ3v) is 3.38. The monoisotopic (exact) mass is 195 g/mol. The molecule has 0 radical (unpaired) electrons. The fourth-order valence-electron chi connectivity index (χ4n) is 2.48. The van der Waals surface area contributed by atoms with Crippen molar-refractivity contribution in [3.05, 3.63) is 12.7 Å². The highest BCUT2D eigenvalue weighted by molar-refractivity contribution is 5.87. The SMILES string of the molecule is C=CC(=O)NC(C)C1CCCCC1C. The zero-order valence-corrected chi connectivity index (χ0v) is 9.25. The fourth-order valence-corrected chi connectivity index (χ4v) is 2.48. The molecule has 0 spiro atoms. The van der Waals surface area contributed by atoms with Gasteiger partial charge in [-0.2, -0.15) is 0 Å². The average molecular weight is 195 g/mol. The summed E-state index contributed by atoms with van der Waals surface area (Å²) in [6.07, 6.45) is 6.56. The van der Waals surface area contributed by atoms with Crippen molar-refractivity contribution >= 4 is 5.91 Å². The molecular weight excluding hydrogens is 174 g/mol. The van der Waals surface area contributed by atoms with Crippen LogP contribution in [0.5, 0.6) is 0 Å². The van der Waals surface area contributed by atoms with E-state index < -0.39 is 0 Å². The Bertz CT molecular complexity index is 212. The van der Waals surface area contributed by atoms with Crippen molar-refractivity contribution in [1.29, 1.82) is 0 Å². The standard InChI is InChI=1S/C12H21NO/c1-4-12(14)13-10(3)11-8-6-5-7-9(11)2/h4,9-11H,1,5-8H2,2-3H3,(H,13,14). The minimum absolute atomic E-state index is 0.0460. The molecule has 0 aromatic rings. The summed E-state index contributed by atoms with van der Waals surface area (Å²) in [5, 5.41) is 2.97. The van der Waals surface area contributed by atoms with E-state index in [1.807, 2.05) is 0 Å². The van der Waals surface area contributed by atoms with E-state index in [-0.39, 0.29) is 11.9 Å². The minimum Gasteiger partial charge on any atom is -0.350 e. The van der Waals surface area contributed by atoms with Crippen molar-refractivity contribution in [3.8, 4) is 0 Å². The predicted octanol–water partition coefficient (Wildman–Crippen LogP) is 2.50. The van der Waals surface area contributed by atoms with Crippen LogP contribution in [-0.4, -0.2) is 11.9 Å². The molecule has 3 atom stereocenters. The summed E-state index contributed by atoms with van der Waals surface area (Å²) in [5.74, 6) is 1.34. The minimum atomic E-state index is -0.0460. The van der Waals surface area contributed by atoms with Gasteiger partial charge in [0, 0.05) is 6.04 Å². The summed E-state index contributed by atoms with van der Waals surface area (Å²) >= 11 is 0. The highest BCUT2D eigenvalue weighted by Gasteiger charge is 2.26. The molecular formula is C12H21NO. The lowest BCUT2D eigenvalue weighted by Gasteiger charge is -2.33. The molecule has 0 aromatic heterocycles. The molecule has 0 heterocycles. The number of nitrogens with one attached hydrogen (secondary N) is 1. The van der Waals surface area contributed by atoms with E-state index >= 15 is 0 Å². The molecule has 1 fully saturated rings. The van der Waals surface area contributed by atoms with Crippen LogP contribution in [0.2, 0.25) is 0 Å². The molecule has 3 unspecified atom stereocenters. The zero-order chi connectivity index (χ0) is 10.6. The van der Waals surface area contributed by atoms with E-state index in [9.17, 15) is 4.79 Å². The Kier molecular flexibility index (Phi) is 4.18. The Balaban J connectivity index is 2.45. The molecule has 80 valence electrons. The van der Waals surface area contributed by atoms with Crippen LogP contribution >= 0.6 is 0 Å². The largest absolute Gasteiger partial charge is 0.350 e. The molecule has 0 aliphatic heterocycles. The maximum absolute atomic E-state index is 11.1. The highest BCUT2D eigenvalue weighted by atomic mass is 16.1. The van der Waals surface area contributed by atoms with Crippen LogP contribution in [0.4, 0.5) is 0 Å². The molecule has 1 aliphatic rings. The summed E-state index contributed by atoms with van der Waals surface area (Å²) in [5.41, 5.74) is 0. The van der Waals surface area contributed by atoms with Gasteiger partial charge in [0.05, 0.1) is 0 Å². The van der Waals surface area contributed by atoms with Crippen LogP contribution in [0, 0.1) is 11.8 Å². The number of hydrogen-bond acceptors (Lipinski definition) is 1. The van der Waals surface area contributed by atoms with E-state index in [0.29, 0.717) is 5.92 Å². The van der Waals surface area contributed by atoms with Gasteiger partial charge in [-0.05, 0) is 31.3 Å². The Morgan fingerprint density at radius 3 is 2.71 bits per heavy atom. The quantitative estimate of drug-likeness (QED) is 0.689. The molecule has 1 aliphatic carbocycles. The van der Waals surface area contributed by atoms with Gasteiger partial charge in [0.25, 0.3) is 0 Å². The number of rotatable bonds is 3. The molecule has 14 heavy (non-hydrogen) atoms. The summed E-state index contributed by atoms with van der Waals surface area (Å²) in [6.45, 7) is 7.86. The van der Waals surface area contributed by atoms with Gasteiger partial charge in [0.1, 0.15) is 0 Å². The molecule has 1 N–H and O–H groups in total. The maximum Gasteiger partial charge on any atom is 0.243 e. The second kappa shape index (κ2) is 5.18. The summed E-state index contributed by atoms with van der Waals surface area (Å²) in [7, 11) is 0. The van der Waals surface area contributed by atoms with Gasteiger partial charge in [0.15, 0.2) is 0 Å². The summed E-state index contributed by atoms with van der Waals surface area (Å²) in [6, 6.07) is 0.288. The lowest BCUT2D eigenvalue weighted by Crippen LogP contribution is -2.40. The molecule has 2 nitrogen and oxygen atoms in total. The van der Waals surface area contributed by atoms with Crippen molar-refractivity contribution in [2.75, 3.05) is 0 Å². The molecule has 0 aromatic carbocycles. The van der Waals surface area contributed by atoms with Crippen molar-refractivity contribution in [1.82, 2.24) is 5.32 Å². The van der Waals surface area contributed by atoms with Crippen molar-refractivity contribution in [2.45, 2.75) is 45.6 Å². The van der Waals surface area contributed by atoms with Crippen LogP contribution in [0.25, 0.3) is 0 Å². The van der Waals surface area contributed by atoms with E-state index in [4.69, 9.17) is 0 Å². The van der Waals surface area contributed by atoms with Crippen LogP contribution in [-0.2, 0) is 4.79 Å². The van der Waals surface area contributed by atoms with Gasteiger partial charge in [-0.3, -0.25) is 4.79 Å². The summed E-state index contributed by atoms with van der Waals surface area (Å²) in [4.78, 5) is 11.1. The summed E-state index contributed by atoms with van der Waals surface area (Å²) < 4.78 is 0. The number of hydrogen-bond donors (Lipinski definition) is 1. The second-order valence-electron chi connectivity index (χ2n) is 4.43. The molecule has 1 amide bonds. The lowest BCUT2D eigenvalue weighted by atomic mass is 9.77. The average Bonchev–Trinajstić information content (AvgIpc) is 2.18. The van der Waals surface area contributed by atoms with Crippen molar-refractivity contribution < 1.29 is 4.79 Å². The van der Waals surface area contributed by atoms with Crippen LogP contribution in [0.1, 0.15) is 39.5 Å². The third-order valence-electron chi connectivity index (χ3n) is 3.38. The molecule has 2 heteroatoms. The van der Waals surface area contributed by atoms with Gasteiger partial charge in [0.2, 0.25) is 5.91 Å². The topological polar surface area (TPSA) is 29.1 Å². The first-order valence-corrected chi connectivity index (χ1v) is 5.58. The first-order chi connectivity index (χ1) is 6.65. The third kappa shape index (κ3) is 2.86. The number of amides is 1. The van der Waals surface area contributed by atoms with E-state index in [1.165, 1.54) is 31.8 Å². The van der Waals surface area contributed by atoms with Crippen LogP contribution < -0.4 is 5.32 Å². The van der Waals surface area contributed by atoms with Gasteiger partial charge >= 0.3 is 0 Å². The van der Waals surface area contributed by atoms with Crippen molar-refractivity contribution in [3.63, 3.8) is 0 Å². The highest BCUT2D eigenvalue weighted by Crippen LogP contribution is 2.31. The van der Waals surface area contributed by atoms with Gasteiger partial charge < -0.3 is 5.32 Å². The zero-order valence-electron chi connectivity index (χ0n) is 9.25. The van der Waals surface area contributed by atoms with Crippen molar-refractivity contribution in [2.24, 2.45) is 11.8 Å². The van der Waals surface area contributed by atoms with E-state index in [1.54, 1.807) is 0 Å². The molecule has 0 saturated heterocycles. The van der Waals surface area contributed by atoms with Crippen LogP contribution in [0.15, 0.2) is 12.7 Å². The molecule has 0 bridgehead atoms. The lowest BCUT2D eigenvalue weighted by molar-refractivity contribution is -0.117. The van der Waals surface area contributed by atoms with Gasteiger partial charge in [-0.25, -0.2) is 0 Å².